The molecule has 0 bridgehead atoms. The fourth-order valence-corrected chi connectivity index (χ4v) is 6.60. The van der Waals surface area contributed by atoms with Gasteiger partial charge in [0.15, 0.2) is 11.5 Å². The first-order valence-electron chi connectivity index (χ1n) is 7.47. The Kier molecular flexibility index (Phi) is 2.36. The molecule has 1 spiro atoms. The molecule has 6 atom stereocenters. The molecule has 3 fully saturated rings. The minimum Gasteiger partial charge on any atom is -0.388 e. The molecule has 23 heavy (non-hydrogen) atoms. The number of hydrogen-bond acceptors (Lipinski definition) is 7. The van der Waals surface area contributed by atoms with Gasteiger partial charge in [0, 0.05) is 5.41 Å². The highest BCUT2D eigenvalue weighted by Gasteiger charge is 2.77. The molecule has 2 aromatic heterocycles. The number of anilines is 1. The van der Waals surface area contributed by atoms with E-state index in [0.29, 0.717) is 22.8 Å². The van der Waals surface area contributed by atoms with Gasteiger partial charge in [-0.25, -0.2) is 15.0 Å². The predicted octanol–water partition coefficient (Wildman–Crippen LogP) is 0.223. The van der Waals surface area contributed by atoms with Gasteiger partial charge in [-0.1, -0.05) is 0 Å². The van der Waals surface area contributed by atoms with Crippen molar-refractivity contribution in [3.8, 4) is 0 Å². The fraction of sp³-hybridized carbons (Fsp3) is 0.615. The number of nitrogen functional groups attached to an aromatic ring is 1. The SMILES string of the molecule is Cc1nc(N)c2ncn([C@H]3[C@H](O)[C@@H]4OP(=O)(O)C[C@@]45C[C@H]35)c2n1. The molecule has 0 amide bonds. The molecule has 1 saturated heterocycles. The molecule has 5 rings (SSSR count). The lowest BCUT2D eigenvalue weighted by Gasteiger charge is -2.24. The van der Waals surface area contributed by atoms with Gasteiger partial charge in [0.25, 0.3) is 0 Å². The zero-order valence-corrected chi connectivity index (χ0v) is 13.2. The summed E-state index contributed by atoms with van der Waals surface area (Å²) in [5.41, 5.74) is 6.58. The largest absolute Gasteiger partial charge is 0.388 e. The molecule has 2 saturated carbocycles. The number of nitrogens with two attached hydrogens (primary N) is 1. The highest BCUT2D eigenvalue weighted by atomic mass is 31.2. The molecule has 3 heterocycles. The van der Waals surface area contributed by atoms with E-state index in [9.17, 15) is 14.6 Å². The molecule has 0 radical (unpaired) electrons. The van der Waals surface area contributed by atoms with Gasteiger partial charge in [0.1, 0.15) is 23.5 Å². The third-order valence-corrected chi connectivity index (χ3v) is 7.02. The second-order valence-electron chi connectivity index (χ2n) is 6.83. The molecule has 2 aliphatic carbocycles. The van der Waals surface area contributed by atoms with Gasteiger partial charge in [-0.3, -0.25) is 4.57 Å². The van der Waals surface area contributed by atoms with E-state index in [1.165, 1.54) is 0 Å². The first-order valence-corrected chi connectivity index (χ1v) is 9.24. The van der Waals surface area contributed by atoms with Crippen LogP contribution in [0.3, 0.4) is 0 Å². The van der Waals surface area contributed by atoms with Crippen LogP contribution in [0, 0.1) is 18.3 Å². The first kappa shape index (κ1) is 13.9. The van der Waals surface area contributed by atoms with Gasteiger partial charge in [-0.15, -0.1) is 0 Å². The molecule has 1 unspecified atom stereocenters. The Morgan fingerprint density at radius 2 is 2.30 bits per heavy atom. The molecule has 1 aliphatic heterocycles. The number of aryl methyl sites for hydroxylation is 1. The zero-order valence-electron chi connectivity index (χ0n) is 12.3. The Labute approximate surface area is 131 Å². The van der Waals surface area contributed by atoms with Gasteiger partial charge in [0.05, 0.1) is 18.5 Å². The fourth-order valence-electron chi connectivity index (χ4n) is 4.55. The van der Waals surface area contributed by atoms with Gasteiger partial charge in [-0.05, 0) is 19.3 Å². The molecule has 2 aromatic rings. The van der Waals surface area contributed by atoms with Crippen molar-refractivity contribution in [1.29, 1.82) is 0 Å². The normalized spacial score (nSPS) is 44.5. The van der Waals surface area contributed by atoms with E-state index in [1.54, 1.807) is 13.3 Å². The molecule has 0 aromatic carbocycles. The van der Waals surface area contributed by atoms with Crippen LogP contribution in [0.1, 0.15) is 18.3 Å². The van der Waals surface area contributed by atoms with E-state index in [1.807, 2.05) is 4.57 Å². The van der Waals surface area contributed by atoms with Crippen molar-refractivity contribution in [2.45, 2.75) is 31.6 Å². The number of imidazole rings is 1. The quantitative estimate of drug-likeness (QED) is 0.629. The number of nitrogens with zero attached hydrogens (tertiary/aromatic N) is 4. The summed E-state index contributed by atoms with van der Waals surface area (Å²) in [7, 11) is -3.58. The Balaban J connectivity index is 1.62. The second-order valence-corrected chi connectivity index (χ2v) is 8.63. The van der Waals surface area contributed by atoms with Crippen LogP contribution in [0.4, 0.5) is 5.82 Å². The lowest BCUT2D eigenvalue weighted by molar-refractivity contribution is 0.0136. The summed E-state index contributed by atoms with van der Waals surface area (Å²) >= 11 is 0. The average Bonchev–Trinajstić information content (AvgIpc) is 2.74. The zero-order chi connectivity index (χ0) is 16.1. The third kappa shape index (κ3) is 1.63. The van der Waals surface area contributed by atoms with Gasteiger partial charge < -0.3 is 24.8 Å². The molecular weight excluding hydrogens is 321 g/mol. The highest BCUT2D eigenvalue weighted by Crippen LogP contribution is 2.78. The van der Waals surface area contributed by atoms with Gasteiger partial charge >= 0.3 is 7.60 Å². The maximum atomic E-state index is 11.9. The number of aromatic nitrogens is 4. The summed E-state index contributed by atoms with van der Waals surface area (Å²) in [6.45, 7) is 1.75. The number of fused-ring (bicyclic) bond motifs is 1. The van der Waals surface area contributed by atoms with Crippen LogP contribution < -0.4 is 5.73 Å². The van der Waals surface area contributed by atoms with E-state index in [0.717, 1.165) is 6.42 Å². The van der Waals surface area contributed by atoms with E-state index in [-0.39, 0.29) is 18.1 Å². The maximum absolute atomic E-state index is 11.9. The Bertz CT molecular complexity index is 898. The summed E-state index contributed by atoms with van der Waals surface area (Å²) in [6.07, 6.45) is 1.01. The first-order chi connectivity index (χ1) is 10.8. The van der Waals surface area contributed by atoms with E-state index < -0.39 is 25.2 Å². The topological polar surface area (TPSA) is 136 Å². The van der Waals surface area contributed by atoms with Crippen LogP contribution in [0.2, 0.25) is 0 Å². The Morgan fingerprint density at radius 1 is 1.52 bits per heavy atom. The summed E-state index contributed by atoms with van der Waals surface area (Å²) < 4.78 is 19.0. The van der Waals surface area contributed by atoms with Crippen molar-refractivity contribution >= 4 is 24.6 Å². The average molecular weight is 337 g/mol. The molecule has 3 aliphatic rings. The number of hydrogen-bond donors (Lipinski definition) is 3. The number of aliphatic hydroxyl groups excluding tert-OH is 1. The maximum Gasteiger partial charge on any atom is 0.329 e. The lowest BCUT2D eigenvalue weighted by Crippen LogP contribution is -2.33. The van der Waals surface area contributed by atoms with E-state index in [2.05, 4.69) is 15.0 Å². The molecule has 122 valence electrons. The minimum absolute atomic E-state index is 0.0828. The predicted molar refractivity (Wildman–Crippen MR) is 79.6 cm³/mol. The standard InChI is InChI=1S/C13H16N5O4P/c1-5-16-11(14)7-12(17-5)18(4-15-7)8-6-2-13(6)3-23(20,21)22-10(13)9(8)19/h4,6,8-10,19H,2-3H2,1H3,(H,20,21)(H2,14,16,17)/t6-,8-,9+,10+,13-/m1/s1. The van der Waals surface area contributed by atoms with Crippen LogP contribution in [0.5, 0.6) is 0 Å². The summed E-state index contributed by atoms with van der Waals surface area (Å²) in [4.78, 5) is 22.5. The third-order valence-electron chi connectivity index (χ3n) is 5.47. The van der Waals surface area contributed by atoms with Crippen LogP contribution >= 0.6 is 7.60 Å². The van der Waals surface area contributed by atoms with Crippen molar-refractivity contribution in [3.05, 3.63) is 12.2 Å². The second kappa shape index (κ2) is 3.92. The van der Waals surface area contributed by atoms with Crippen molar-refractivity contribution in [3.63, 3.8) is 0 Å². The number of aliphatic hydroxyl groups is 1. The van der Waals surface area contributed by atoms with Gasteiger partial charge in [0.2, 0.25) is 0 Å². The monoisotopic (exact) mass is 337 g/mol. The Hall–Kier alpha value is -1.54. The van der Waals surface area contributed by atoms with E-state index >= 15 is 0 Å². The van der Waals surface area contributed by atoms with Crippen molar-refractivity contribution in [2.75, 3.05) is 11.9 Å². The lowest BCUT2D eigenvalue weighted by atomic mass is 10.0. The summed E-state index contributed by atoms with van der Waals surface area (Å²) in [6, 6.07) is -0.279. The molecule has 9 nitrogen and oxygen atoms in total. The Morgan fingerprint density at radius 3 is 3.04 bits per heavy atom. The molecule has 4 N–H and O–H groups in total. The van der Waals surface area contributed by atoms with Crippen molar-refractivity contribution in [1.82, 2.24) is 19.5 Å². The van der Waals surface area contributed by atoms with Gasteiger partial charge in [-0.2, -0.15) is 0 Å². The van der Waals surface area contributed by atoms with Crippen LogP contribution in [0.25, 0.3) is 11.2 Å². The molecule has 10 heteroatoms. The number of rotatable bonds is 1. The van der Waals surface area contributed by atoms with Crippen molar-refractivity contribution < 1.29 is 19.1 Å². The van der Waals surface area contributed by atoms with Crippen LogP contribution in [-0.2, 0) is 9.09 Å². The summed E-state index contributed by atoms with van der Waals surface area (Å²) in [5.74, 6) is 0.922. The van der Waals surface area contributed by atoms with Crippen LogP contribution in [0.15, 0.2) is 6.33 Å². The van der Waals surface area contributed by atoms with Crippen molar-refractivity contribution in [2.24, 2.45) is 11.3 Å². The highest BCUT2D eigenvalue weighted by molar-refractivity contribution is 7.53. The minimum atomic E-state index is -3.58. The molecular formula is C13H16N5O4P. The van der Waals surface area contributed by atoms with Crippen LogP contribution in [-0.4, -0.2) is 47.9 Å². The smallest absolute Gasteiger partial charge is 0.329 e. The summed E-state index contributed by atoms with van der Waals surface area (Å²) in [5, 5.41) is 10.7. The van der Waals surface area contributed by atoms with E-state index in [4.69, 9.17) is 10.3 Å².